The largest absolute Gasteiger partial charge is 0.481 e. The highest BCUT2D eigenvalue weighted by atomic mass is 16.5. The molecule has 3 N–H and O–H groups in total. The highest BCUT2D eigenvalue weighted by Gasteiger charge is 2.26. The van der Waals surface area contributed by atoms with E-state index in [1.54, 1.807) is 6.92 Å². The number of urea groups is 1. The molecule has 2 amide bonds. The molecule has 7 nitrogen and oxygen atoms in total. The summed E-state index contributed by atoms with van der Waals surface area (Å²) in [7, 11) is 0. The second-order valence-corrected chi connectivity index (χ2v) is 5.20. The maximum atomic E-state index is 11.6. The van der Waals surface area contributed by atoms with Crippen molar-refractivity contribution in [3.05, 3.63) is 0 Å². The molecule has 1 aliphatic rings. The lowest BCUT2D eigenvalue weighted by Crippen LogP contribution is -2.44. The summed E-state index contributed by atoms with van der Waals surface area (Å²) in [4.78, 5) is 33.6. The van der Waals surface area contributed by atoms with Gasteiger partial charge in [-0.3, -0.25) is 9.59 Å². The Kier molecular flexibility index (Phi) is 7.56. The van der Waals surface area contributed by atoms with Crippen LogP contribution in [0.4, 0.5) is 4.79 Å². The van der Waals surface area contributed by atoms with Gasteiger partial charge in [0.2, 0.25) is 0 Å². The summed E-state index contributed by atoms with van der Waals surface area (Å²) in [6.45, 7) is 2.53. The van der Waals surface area contributed by atoms with E-state index in [0.29, 0.717) is 45.3 Å². The summed E-state index contributed by atoms with van der Waals surface area (Å²) < 4.78 is 4.78. The van der Waals surface area contributed by atoms with Crippen molar-refractivity contribution in [3.8, 4) is 0 Å². The Labute approximate surface area is 124 Å². The molecule has 0 spiro atoms. The van der Waals surface area contributed by atoms with Gasteiger partial charge in [0.25, 0.3) is 0 Å². The van der Waals surface area contributed by atoms with Crippen LogP contribution in [0.25, 0.3) is 0 Å². The highest BCUT2D eigenvalue weighted by Crippen LogP contribution is 2.24. The number of amides is 2. The summed E-state index contributed by atoms with van der Waals surface area (Å²) >= 11 is 0. The fourth-order valence-electron chi connectivity index (χ4n) is 2.39. The van der Waals surface area contributed by atoms with E-state index in [4.69, 9.17) is 9.84 Å². The fraction of sp³-hybridized carbons (Fsp3) is 0.786. The first-order valence-corrected chi connectivity index (χ1v) is 7.45. The quantitative estimate of drug-likeness (QED) is 0.485. The standard InChI is InChI=1S/C14H24N2O5/c1-2-21-12(17)4-3-9-15-14(20)16-11-7-5-10(6-8-11)13(18)19/h10-11H,2-9H2,1H3,(H,18,19)(H2,15,16,20). The minimum Gasteiger partial charge on any atom is -0.481 e. The van der Waals surface area contributed by atoms with Crippen molar-refractivity contribution in [3.63, 3.8) is 0 Å². The van der Waals surface area contributed by atoms with E-state index in [1.165, 1.54) is 0 Å². The van der Waals surface area contributed by atoms with Gasteiger partial charge in [-0.1, -0.05) is 0 Å². The van der Waals surface area contributed by atoms with Crippen LogP contribution in [-0.2, 0) is 14.3 Å². The molecule has 0 radical (unpaired) electrons. The van der Waals surface area contributed by atoms with Crippen molar-refractivity contribution in [1.82, 2.24) is 10.6 Å². The Hall–Kier alpha value is -1.79. The Morgan fingerprint density at radius 3 is 2.43 bits per heavy atom. The summed E-state index contributed by atoms with van der Waals surface area (Å²) in [6, 6.07) is -0.233. The van der Waals surface area contributed by atoms with Crippen molar-refractivity contribution in [2.45, 2.75) is 51.5 Å². The molecule has 1 saturated carbocycles. The zero-order valence-electron chi connectivity index (χ0n) is 12.4. The molecular formula is C14H24N2O5. The molecule has 0 unspecified atom stereocenters. The molecule has 21 heavy (non-hydrogen) atoms. The molecule has 120 valence electrons. The topological polar surface area (TPSA) is 105 Å². The third-order valence-corrected chi connectivity index (χ3v) is 3.56. The molecule has 7 heteroatoms. The number of nitrogens with one attached hydrogen (secondary N) is 2. The summed E-state index contributed by atoms with van der Waals surface area (Å²) in [5, 5.41) is 14.4. The van der Waals surface area contributed by atoms with Crippen molar-refractivity contribution < 1.29 is 24.2 Å². The average molecular weight is 300 g/mol. The number of esters is 1. The minimum atomic E-state index is -0.753. The molecule has 0 aliphatic heterocycles. The van der Waals surface area contributed by atoms with E-state index in [-0.39, 0.29) is 30.4 Å². The average Bonchev–Trinajstić information content (AvgIpc) is 2.44. The van der Waals surface area contributed by atoms with E-state index < -0.39 is 5.97 Å². The van der Waals surface area contributed by atoms with Gasteiger partial charge in [-0.15, -0.1) is 0 Å². The van der Waals surface area contributed by atoms with Crippen LogP contribution in [0.1, 0.15) is 45.4 Å². The monoisotopic (exact) mass is 300 g/mol. The first-order valence-electron chi connectivity index (χ1n) is 7.45. The number of ether oxygens (including phenoxy) is 1. The van der Waals surface area contributed by atoms with Crippen LogP contribution >= 0.6 is 0 Å². The zero-order valence-corrected chi connectivity index (χ0v) is 12.4. The van der Waals surface area contributed by atoms with E-state index >= 15 is 0 Å². The number of carbonyl (C=O) groups excluding carboxylic acids is 2. The van der Waals surface area contributed by atoms with Crippen LogP contribution in [0.3, 0.4) is 0 Å². The minimum absolute atomic E-state index is 0.0330. The highest BCUT2D eigenvalue weighted by molar-refractivity contribution is 5.74. The number of carboxylic acids is 1. The summed E-state index contributed by atoms with van der Waals surface area (Å²) in [6.07, 6.45) is 3.41. The molecule has 0 aromatic carbocycles. The van der Waals surface area contributed by atoms with E-state index in [9.17, 15) is 14.4 Å². The van der Waals surface area contributed by atoms with E-state index in [1.807, 2.05) is 0 Å². The second-order valence-electron chi connectivity index (χ2n) is 5.20. The van der Waals surface area contributed by atoms with Crippen molar-refractivity contribution in [2.24, 2.45) is 5.92 Å². The van der Waals surface area contributed by atoms with Crippen LogP contribution in [0.5, 0.6) is 0 Å². The van der Waals surface area contributed by atoms with Crippen LogP contribution in [0.15, 0.2) is 0 Å². The lowest BCUT2D eigenvalue weighted by atomic mass is 9.86. The van der Waals surface area contributed by atoms with Crippen molar-refractivity contribution >= 4 is 18.0 Å². The second kappa shape index (κ2) is 9.20. The zero-order chi connectivity index (χ0) is 15.7. The molecular weight excluding hydrogens is 276 g/mol. The third kappa shape index (κ3) is 6.97. The number of aliphatic carboxylic acids is 1. The number of hydrogen-bond donors (Lipinski definition) is 3. The first kappa shape index (κ1) is 17.3. The molecule has 1 fully saturated rings. The van der Waals surface area contributed by atoms with Crippen LogP contribution in [0, 0.1) is 5.92 Å². The van der Waals surface area contributed by atoms with E-state index in [2.05, 4.69) is 10.6 Å². The Morgan fingerprint density at radius 2 is 1.86 bits per heavy atom. The Balaban J connectivity index is 2.09. The van der Waals surface area contributed by atoms with Crippen LogP contribution in [-0.4, -0.2) is 42.3 Å². The third-order valence-electron chi connectivity index (χ3n) is 3.56. The summed E-state index contributed by atoms with van der Waals surface area (Å²) in [5.74, 6) is -1.29. The molecule has 1 aliphatic carbocycles. The summed E-state index contributed by atoms with van der Waals surface area (Å²) in [5.41, 5.74) is 0. The molecule has 0 heterocycles. The number of carboxylic acid groups (broad SMARTS) is 1. The van der Waals surface area contributed by atoms with Crippen molar-refractivity contribution in [1.29, 1.82) is 0 Å². The lowest BCUT2D eigenvalue weighted by molar-refractivity contribution is -0.144. The molecule has 0 aromatic rings. The Bertz CT molecular complexity index is 364. The van der Waals surface area contributed by atoms with Gasteiger partial charge < -0.3 is 20.5 Å². The predicted molar refractivity (Wildman–Crippen MR) is 75.8 cm³/mol. The van der Waals surface area contributed by atoms with Gasteiger partial charge in [0.15, 0.2) is 0 Å². The van der Waals surface area contributed by atoms with Gasteiger partial charge in [-0.25, -0.2) is 4.79 Å². The normalized spacial score (nSPS) is 21.4. The van der Waals surface area contributed by atoms with Gasteiger partial charge in [0.05, 0.1) is 12.5 Å². The maximum Gasteiger partial charge on any atom is 0.315 e. The Morgan fingerprint density at radius 1 is 1.19 bits per heavy atom. The lowest BCUT2D eigenvalue weighted by Gasteiger charge is -2.26. The molecule has 0 atom stereocenters. The molecule has 1 rings (SSSR count). The number of carbonyl (C=O) groups is 3. The maximum absolute atomic E-state index is 11.6. The van der Waals surface area contributed by atoms with Gasteiger partial charge in [-0.05, 0) is 39.0 Å². The number of rotatable bonds is 7. The SMILES string of the molecule is CCOC(=O)CCCNC(=O)NC1CCC(C(=O)O)CC1. The van der Waals surface area contributed by atoms with E-state index in [0.717, 1.165) is 0 Å². The van der Waals surface area contributed by atoms with Crippen LogP contribution < -0.4 is 10.6 Å². The first-order chi connectivity index (χ1) is 10.0. The molecule has 0 bridgehead atoms. The van der Waals surface area contributed by atoms with Crippen molar-refractivity contribution in [2.75, 3.05) is 13.2 Å². The molecule has 0 saturated heterocycles. The smallest absolute Gasteiger partial charge is 0.315 e. The van der Waals surface area contributed by atoms with Crippen LogP contribution in [0.2, 0.25) is 0 Å². The van der Waals surface area contributed by atoms with Gasteiger partial charge in [0.1, 0.15) is 0 Å². The fourth-order valence-corrected chi connectivity index (χ4v) is 2.39. The van der Waals surface area contributed by atoms with Gasteiger partial charge >= 0.3 is 18.0 Å². The van der Waals surface area contributed by atoms with Gasteiger partial charge in [0, 0.05) is 19.0 Å². The molecule has 0 aromatic heterocycles. The van der Waals surface area contributed by atoms with Gasteiger partial charge in [-0.2, -0.15) is 0 Å². The predicted octanol–water partition coefficient (Wildman–Crippen LogP) is 1.27. The number of hydrogen-bond acceptors (Lipinski definition) is 4.